The van der Waals surface area contributed by atoms with Crippen molar-refractivity contribution in [2.24, 2.45) is 0 Å². The van der Waals surface area contributed by atoms with Crippen molar-refractivity contribution >= 4 is 40.9 Å². The molecule has 2 heterocycles. The molecule has 36 heavy (non-hydrogen) atoms. The van der Waals surface area contributed by atoms with Gasteiger partial charge in [-0.2, -0.15) is 0 Å². The monoisotopic (exact) mass is 514 g/mol. The molecule has 0 aliphatic carbocycles. The van der Waals surface area contributed by atoms with E-state index in [-0.39, 0.29) is 23.7 Å². The van der Waals surface area contributed by atoms with Crippen LogP contribution in [0, 0.1) is 5.82 Å². The number of anilines is 2. The van der Waals surface area contributed by atoms with Crippen LogP contribution in [-0.2, 0) is 20.9 Å². The van der Waals surface area contributed by atoms with Gasteiger partial charge in [0.25, 0.3) is 0 Å². The summed E-state index contributed by atoms with van der Waals surface area (Å²) < 4.78 is 18.6. The maximum atomic E-state index is 13.2. The number of halogens is 2. The molecule has 0 aromatic heterocycles. The van der Waals surface area contributed by atoms with E-state index in [0.29, 0.717) is 36.0 Å². The predicted octanol–water partition coefficient (Wildman–Crippen LogP) is 4.02. The Morgan fingerprint density at radius 1 is 1.14 bits per heavy atom. The Bertz CT molecular complexity index is 1120. The summed E-state index contributed by atoms with van der Waals surface area (Å²) in [7, 11) is 0. The zero-order valence-electron chi connectivity index (χ0n) is 20.7. The van der Waals surface area contributed by atoms with Crippen LogP contribution in [0.4, 0.5) is 15.8 Å². The first kappa shape index (κ1) is 26.1. The topological polar surface area (TPSA) is 65.1 Å². The lowest BCUT2D eigenvalue weighted by Crippen LogP contribution is -2.53. The highest BCUT2D eigenvalue weighted by molar-refractivity contribution is 6.33. The molecule has 2 aromatic rings. The number of amides is 2. The quantitative estimate of drug-likeness (QED) is 0.590. The number of hydrogen-bond donors (Lipinski definition) is 1. The molecule has 4 rings (SSSR count). The van der Waals surface area contributed by atoms with Crippen LogP contribution >= 0.6 is 11.6 Å². The molecule has 0 spiro atoms. The SMILES string of the molecule is CC(=O)Nc1cc(Cl)c(N2CCOCC2)cc1C=CC(=O)N1CCN(Cc2ccc(F)cc2)CC1C. The second-order valence-electron chi connectivity index (χ2n) is 9.25. The minimum absolute atomic E-state index is 0.0280. The average Bonchev–Trinajstić information content (AvgIpc) is 2.85. The summed E-state index contributed by atoms with van der Waals surface area (Å²) in [5.41, 5.74) is 3.18. The van der Waals surface area contributed by atoms with Crippen molar-refractivity contribution < 1.29 is 18.7 Å². The smallest absolute Gasteiger partial charge is 0.246 e. The Morgan fingerprint density at radius 2 is 1.86 bits per heavy atom. The zero-order valence-corrected chi connectivity index (χ0v) is 21.4. The third-order valence-corrected chi connectivity index (χ3v) is 6.80. The molecule has 192 valence electrons. The summed E-state index contributed by atoms with van der Waals surface area (Å²) in [4.78, 5) is 31.1. The third-order valence-electron chi connectivity index (χ3n) is 6.50. The molecule has 7 nitrogen and oxygen atoms in total. The molecule has 2 amide bonds. The maximum absolute atomic E-state index is 13.2. The fourth-order valence-corrected chi connectivity index (χ4v) is 4.95. The van der Waals surface area contributed by atoms with E-state index in [2.05, 4.69) is 15.1 Å². The molecule has 0 saturated carbocycles. The first-order chi connectivity index (χ1) is 17.3. The zero-order chi connectivity index (χ0) is 25.7. The van der Waals surface area contributed by atoms with E-state index >= 15 is 0 Å². The Morgan fingerprint density at radius 3 is 2.53 bits per heavy atom. The van der Waals surface area contributed by atoms with E-state index in [0.717, 1.165) is 44.0 Å². The molecular weight excluding hydrogens is 483 g/mol. The van der Waals surface area contributed by atoms with Gasteiger partial charge in [0.05, 0.1) is 23.9 Å². The fourth-order valence-electron chi connectivity index (χ4n) is 4.67. The van der Waals surface area contributed by atoms with Gasteiger partial charge in [-0.15, -0.1) is 0 Å². The number of morpholine rings is 1. The van der Waals surface area contributed by atoms with Gasteiger partial charge >= 0.3 is 0 Å². The second kappa shape index (κ2) is 11.9. The average molecular weight is 515 g/mol. The number of carbonyl (C=O) groups is 2. The second-order valence-corrected chi connectivity index (χ2v) is 9.65. The van der Waals surface area contributed by atoms with E-state index in [9.17, 15) is 14.0 Å². The lowest BCUT2D eigenvalue weighted by atomic mass is 10.1. The van der Waals surface area contributed by atoms with E-state index in [1.165, 1.54) is 19.1 Å². The van der Waals surface area contributed by atoms with Crippen LogP contribution in [0.15, 0.2) is 42.5 Å². The molecular formula is C27H32ClFN4O3. The van der Waals surface area contributed by atoms with E-state index in [4.69, 9.17) is 16.3 Å². The molecule has 0 bridgehead atoms. The van der Waals surface area contributed by atoms with E-state index in [1.807, 2.05) is 17.9 Å². The number of rotatable bonds is 6. The summed E-state index contributed by atoms with van der Waals surface area (Å²) in [6, 6.07) is 10.2. The summed E-state index contributed by atoms with van der Waals surface area (Å²) >= 11 is 6.54. The number of nitrogens with one attached hydrogen (secondary N) is 1. The molecule has 2 aromatic carbocycles. The van der Waals surface area contributed by atoms with Gasteiger partial charge in [0, 0.05) is 69.6 Å². The number of piperazine rings is 1. The molecule has 2 aliphatic rings. The highest BCUT2D eigenvalue weighted by Crippen LogP contribution is 2.33. The molecule has 2 aliphatic heterocycles. The van der Waals surface area contributed by atoms with E-state index < -0.39 is 0 Å². The summed E-state index contributed by atoms with van der Waals surface area (Å²) in [6.45, 7) is 8.96. The van der Waals surface area contributed by atoms with Gasteiger partial charge < -0.3 is 19.9 Å². The van der Waals surface area contributed by atoms with Crippen molar-refractivity contribution in [2.45, 2.75) is 26.4 Å². The molecule has 1 atom stereocenters. The largest absolute Gasteiger partial charge is 0.378 e. The molecule has 9 heteroatoms. The van der Waals surface area contributed by atoms with Gasteiger partial charge in [0.1, 0.15) is 5.82 Å². The van der Waals surface area contributed by atoms with Crippen LogP contribution in [0.25, 0.3) is 6.08 Å². The summed E-state index contributed by atoms with van der Waals surface area (Å²) in [5, 5.41) is 3.35. The molecule has 0 radical (unpaired) electrons. The molecule has 1 unspecified atom stereocenters. The van der Waals surface area contributed by atoms with Crippen LogP contribution in [-0.4, -0.2) is 73.6 Å². The first-order valence-electron chi connectivity index (χ1n) is 12.2. The first-order valence-corrected chi connectivity index (χ1v) is 12.6. The number of nitrogens with zero attached hydrogens (tertiary/aromatic N) is 3. The van der Waals surface area contributed by atoms with Gasteiger partial charge in [-0.25, -0.2) is 4.39 Å². The highest BCUT2D eigenvalue weighted by Gasteiger charge is 2.26. The normalized spacial score (nSPS) is 19.1. The van der Waals surface area contributed by atoms with Crippen LogP contribution in [0.3, 0.4) is 0 Å². The number of ether oxygens (including phenoxy) is 1. The van der Waals surface area contributed by atoms with Crippen LogP contribution in [0.1, 0.15) is 25.0 Å². The Hall–Kier alpha value is -2.94. The number of carbonyl (C=O) groups excluding carboxylic acids is 2. The molecule has 2 fully saturated rings. The van der Waals surface area contributed by atoms with Gasteiger partial charge in [-0.05, 0) is 42.8 Å². The summed E-state index contributed by atoms with van der Waals surface area (Å²) in [6.07, 6.45) is 3.30. The minimum atomic E-state index is -0.242. The van der Waals surface area contributed by atoms with Crippen LogP contribution in [0.5, 0.6) is 0 Å². The van der Waals surface area contributed by atoms with Crippen molar-refractivity contribution in [3.63, 3.8) is 0 Å². The van der Waals surface area contributed by atoms with Crippen LogP contribution < -0.4 is 10.2 Å². The Balaban J connectivity index is 1.45. The van der Waals surface area contributed by atoms with Crippen molar-refractivity contribution in [1.29, 1.82) is 0 Å². The van der Waals surface area contributed by atoms with Crippen molar-refractivity contribution in [3.8, 4) is 0 Å². The van der Waals surface area contributed by atoms with Gasteiger partial charge in [-0.1, -0.05) is 23.7 Å². The van der Waals surface area contributed by atoms with Gasteiger partial charge in [-0.3, -0.25) is 14.5 Å². The van der Waals surface area contributed by atoms with E-state index in [1.54, 1.807) is 30.4 Å². The molecule has 1 N–H and O–H groups in total. The Kier molecular flexibility index (Phi) is 8.61. The lowest BCUT2D eigenvalue weighted by molar-refractivity contribution is -0.130. The number of hydrogen-bond acceptors (Lipinski definition) is 5. The molecule has 2 saturated heterocycles. The van der Waals surface area contributed by atoms with Crippen LogP contribution in [0.2, 0.25) is 5.02 Å². The third kappa shape index (κ3) is 6.63. The lowest BCUT2D eigenvalue weighted by Gasteiger charge is -2.39. The fraction of sp³-hybridized carbons (Fsp3) is 0.407. The van der Waals surface area contributed by atoms with Crippen molar-refractivity contribution in [1.82, 2.24) is 9.80 Å². The van der Waals surface area contributed by atoms with Gasteiger partial charge in [0.15, 0.2) is 0 Å². The summed E-state index contributed by atoms with van der Waals surface area (Å²) in [5.74, 6) is -0.536. The number of benzene rings is 2. The van der Waals surface area contributed by atoms with Crippen molar-refractivity contribution in [3.05, 3.63) is 64.4 Å². The van der Waals surface area contributed by atoms with Crippen molar-refractivity contribution in [2.75, 3.05) is 56.2 Å². The predicted molar refractivity (Wildman–Crippen MR) is 141 cm³/mol. The minimum Gasteiger partial charge on any atom is -0.378 e. The van der Waals surface area contributed by atoms with Gasteiger partial charge in [0.2, 0.25) is 11.8 Å². The maximum Gasteiger partial charge on any atom is 0.246 e. The standard InChI is InChI=1S/C27H32ClFN4O3/c1-19-17-31(18-21-3-6-23(29)7-4-21)9-10-33(19)27(35)8-5-22-15-26(32-11-13-36-14-12-32)24(28)16-25(22)30-20(2)34/h3-8,15-16,19H,9-14,17-18H2,1-2H3,(H,30,34). The highest BCUT2D eigenvalue weighted by atomic mass is 35.5. The Labute approximate surface area is 216 Å².